The van der Waals surface area contributed by atoms with Gasteiger partial charge in [0.2, 0.25) is 0 Å². The Morgan fingerprint density at radius 1 is 1.38 bits per heavy atom. The maximum atomic E-state index is 3.20. The lowest BCUT2D eigenvalue weighted by molar-refractivity contribution is 0.492. The summed E-state index contributed by atoms with van der Waals surface area (Å²) >= 11 is 0. The summed E-state index contributed by atoms with van der Waals surface area (Å²) in [4.78, 5) is 2.48. The maximum Gasteiger partial charge on any atom is 0.0352 e. The van der Waals surface area contributed by atoms with E-state index in [2.05, 4.69) is 40.5 Å². The Labute approximate surface area is 79.6 Å². The summed E-state index contributed by atoms with van der Waals surface area (Å²) in [6, 6.07) is 11.4. The van der Waals surface area contributed by atoms with Crippen molar-refractivity contribution in [2.45, 2.75) is 12.6 Å². The predicted octanol–water partition coefficient (Wildman–Crippen LogP) is 1.09. The van der Waals surface area contributed by atoms with E-state index < -0.39 is 0 Å². The smallest absolute Gasteiger partial charge is 0.0352 e. The zero-order chi connectivity index (χ0) is 9.10. The highest BCUT2D eigenvalue weighted by Gasteiger charge is 2.32. The Morgan fingerprint density at radius 2 is 2.15 bits per heavy atom. The fourth-order valence-corrected chi connectivity index (χ4v) is 1.66. The van der Waals surface area contributed by atoms with Gasteiger partial charge in [0.25, 0.3) is 0 Å². The van der Waals surface area contributed by atoms with Crippen LogP contribution in [0, 0.1) is 0 Å². The minimum absolute atomic E-state index is 0.769. The van der Waals surface area contributed by atoms with E-state index in [0.717, 1.165) is 19.1 Å². The second-order valence-electron chi connectivity index (χ2n) is 3.63. The van der Waals surface area contributed by atoms with Crippen LogP contribution in [0.1, 0.15) is 5.56 Å². The summed E-state index contributed by atoms with van der Waals surface area (Å²) in [5.41, 5.74) is 1.42. The first kappa shape index (κ1) is 8.73. The van der Waals surface area contributed by atoms with Gasteiger partial charge in [0.1, 0.15) is 0 Å². The molecule has 2 rings (SSSR count). The van der Waals surface area contributed by atoms with Gasteiger partial charge in [-0.15, -0.1) is 0 Å². The number of nitrogens with one attached hydrogen (secondary N) is 1. The highest BCUT2D eigenvalue weighted by atomic mass is 15.3. The first-order valence-electron chi connectivity index (χ1n) is 4.82. The van der Waals surface area contributed by atoms with E-state index in [1.165, 1.54) is 12.1 Å². The van der Waals surface area contributed by atoms with E-state index in [4.69, 9.17) is 0 Å². The van der Waals surface area contributed by atoms with Gasteiger partial charge in [0.05, 0.1) is 0 Å². The molecular formula is C11H16N2. The molecule has 1 heterocycles. The third-order valence-electron chi connectivity index (χ3n) is 2.50. The molecule has 0 aliphatic carbocycles. The topological polar surface area (TPSA) is 15.0 Å². The van der Waals surface area contributed by atoms with Crippen molar-refractivity contribution in [2.75, 3.05) is 20.1 Å². The molecule has 2 atom stereocenters. The molecule has 13 heavy (non-hydrogen) atoms. The number of nitrogens with zero attached hydrogens (tertiary/aromatic N) is 1. The lowest BCUT2D eigenvalue weighted by atomic mass is 10.2. The molecule has 0 aromatic heterocycles. The van der Waals surface area contributed by atoms with Gasteiger partial charge in [0, 0.05) is 25.7 Å². The summed E-state index contributed by atoms with van der Waals surface area (Å²) < 4.78 is 0. The van der Waals surface area contributed by atoms with Crippen molar-refractivity contribution in [1.29, 1.82) is 0 Å². The molecule has 0 bridgehead atoms. The molecule has 0 saturated carbocycles. The molecule has 1 aromatic carbocycles. The van der Waals surface area contributed by atoms with Crippen molar-refractivity contribution in [2.24, 2.45) is 0 Å². The van der Waals surface area contributed by atoms with Crippen molar-refractivity contribution in [1.82, 2.24) is 10.2 Å². The van der Waals surface area contributed by atoms with Gasteiger partial charge in [-0.05, 0) is 12.6 Å². The summed E-state index contributed by atoms with van der Waals surface area (Å²) in [7, 11) is 2.01. The zero-order valence-electron chi connectivity index (χ0n) is 8.03. The third-order valence-corrected chi connectivity index (χ3v) is 2.50. The van der Waals surface area contributed by atoms with E-state index in [1.54, 1.807) is 0 Å². The minimum Gasteiger partial charge on any atom is -0.318 e. The van der Waals surface area contributed by atoms with Crippen LogP contribution < -0.4 is 5.32 Å². The van der Waals surface area contributed by atoms with Crippen molar-refractivity contribution < 1.29 is 0 Å². The van der Waals surface area contributed by atoms with Gasteiger partial charge in [-0.3, -0.25) is 4.90 Å². The predicted molar refractivity (Wildman–Crippen MR) is 54.6 cm³/mol. The Morgan fingerprint density at radius 3 is 2.85 bits per heavy atom. The van der Waals surface area contributed by atoms with Gasteiger partial charge < -0.3 is 5.32 Å². The van der Waals surface area contributed by atoms with Crippen LogP contribution in [-0.4, -0.2) is 31.1 Å². The Kier molecular flexibility index (Phi) is 2.62. The Bertz CT molecular complexity index is 258. The monoisotopic (exact) mass is 176 g/mol. The summed E-state index contributed by atoms with van der Waals surface area (Å²) in [6.07, 6.45) is 0. The van der Waals surface area contributed by atoms with Crippen LogP contribution in [0.4, 0.5) is 0 Å². The molecule has 1 N–H and O–H groups in total. The highest BCUT2D eigenvalue weighted by Crippen LogP contribution is 2.19. The van der Waals surface area contributed by atoms with Crippen LogP contribution in [0.25, 0.3) is 0 Å². The molecular weight excluding hydrogens is 160 g/mol. The maximum absolute atomic E-state index is 3.20. The van der Waals surface area contributed by atoms with Crippen LogP contribution >= 0.6 is 0 Å². The first-order valence-corrected chi connectivity index (χ1v) is 4.82. The second-order valence-corrected chi connectivity index (χ2v) is 3.63. The number of hydrogen-bond acceptors (Lipinski definition) is 2. The number of likely N-dealkylation sites (N-methyl/N-ethyl adjacent to an activating group) is 1. The number of rotatable bonds is 4. The molecule has 2 heteroatoms. The summed E-state index contributed by atoms with van der Waals surface area (Å²) in [5, 5.41) is 3.20. The summed E-state index contributed by atoms with van der Waals surface area (Å²) in [6.45, 7) is 3.47. The average Bonchev–Trinajstić information content (AvgIpc) is 2.86. The van der Waals surface area contributed by atoms with Crippen LogP contribution in [-0.2, 0) is 6.54 Å². The highest BCUT2D eigenvalue weighted by molar-refractivity contribution is 5.15. The number of benzene rings is 1. The molecule has 0 radical (unpaired) electrons. The Balaban J connectivity index is 1.81. The van der Waals surface area contributed by atoms with Crippen molar-refractivity contribution >= 4 is 0 Å². The van der Waals surface area contributed by atoms with Gasteiger partial charge in [-0.25, -0.2) is 0 Å². The van der Waals surface area contributed by atoms with E-state index >= 15 is 0 Å². The van der Waals surface area contributed by atoms with Gasteiger partial charge >= 0.3 is 0 Å². The van der Waals surface area contributed by atoms with Crippen LogP contribution in [0.3, 0.4) is 0 Å². The molecule has 1 saturated heterocycles. The molecule has 0 spiro atoms. The molecule has 1 aliphatic rings. The van der Waals surface area contributed by atoms with Crippen molar-refractivity contribution in [3.05, 3.63) is 35.9 Å². The fourth-order valence-electron chi connectivity index (χ4n) is 1.66. The lowest BCUT2D eigenvalue weighted by Gasteiger charge is -2.02. The molecule has 70 valence electrons. The molecule has 2 unspecified atom stereocenters. The molecule has 0 amide bonds. The number of hydrogen-bond donors (Lipinski definition) is 1. The van der Waals surface area contributed by atoms with E-state index in [1.807, 2.05) is 7.05 Å². The van der Waals surface area contributed by atoms with E-state index in [0.29, 0.717) is 0 Å². The minimum atomic E-state index is 0.769. The van der Waals surface area contributed by atoms with Crippen LogP contribution in [0.2, 0.25) is 0 Å². The average molecular weight is 176 g/mol. The Hall–Kier alpha value is -0.860. The second kappa shape index (κ2) is 3.90. The quantitative estimate of drug-likeness (QED) is 0.691. The molecule has 1 aromatic rings. The van der Waals surface area contributed by atoms with Crippen LogP contribution in [0.5, 0.6) is 0 Å². The molecule has 1 aliphatic heterocycles. The van der Waals surface area contributed by atoms with Crippen LogP contribution in [0.15, 0.2) is 30.3 Å². The first-order chi connectivity index (χ1) is 6.40. The lowest BCUT2D eigenvalue weighted by Crippen LogP contribution is -2.17. The van der Waals surface area contributed by atoms with Crippen molar-refractivity contribution in [3.8, 4) is 0 Å². The van der Waals surface area contributed by atoms with Gasteiger partial charge in [-0.2, -0.15) is 0 Å². The molecule has 1 fully saturated rings. The third kappa shape index (κ3) is 2.29. The zero-order valence-corrected chi connectivity index (χ0v) is 8.03. The summed E-state index contributed by atoms with van der Waals surface area (Å²) in [5.74, 6) is 0. The normalized spacial score (nSPS) is 25.9. The fraction of sp³-hybridized carbons (Fsp3) is 0.455. The van der Waals surface area contributed by atoms with Crippen molar-refractivity contribution in [3.63, 3.8) is 0 Å². The SMILES string of the molecule is CNCC1CN1Cc1ccccc1. The van der Waals surface area contributed by atoms with Gasteiger partial charge in [-0.1, -0.05) is 30.3 Å². The standard InChI is InChI=1S/C11H16N2/c1-12-7-11-9-13(11)8-10-5-3-2-4-6-10/h2-6,11-12H,7-9H2,1H3. The molecule has 2 nitrogen and oxygen atoms in total. The van der Waals surface area contributed by atoms with Gasteiger partial charge in [0.15, 0.2) is 0 Å². The largest absolute Gasteiger partial charge is 0.318 e. The van der Waals surface area contributed by atoms with E-state index in [-0.39, 0.29) is 0 Å². The van der Waals surface area contributed by atoms with E-state index in [9.17, 15) is 0 Å².